The number of Topliss-reactive ketones (excluding diaryl/α,β-unsaturated/α-hetero) is 1. The van der Waals surface area contributed by atoms with E-state index in [0.29, 0.717) is 6.42 Å². The van der Waals surface area contributed by atoms with Gasteiger partial charge in [-0.15, -0.1) is 0 Å². The fraction of sp³-hybridized carbons (Fsp3) is 0.833. The molecule has 0 saturated carbocycles. The number of carbonyl (C=O) groups is 1. The van der Waals surface area contributed by atoms with Crippen LogP contribution >= 0.6 is 0 Å². The maximum Gasteiger partial charge on any atom is 0.135 e. The number of rotatable bonds is 4. The molecule has 0 N–H and O–H groups in total. The molecule has 0 aromatic rings. The second-order valence-electron chi connectivity index (χ2n) is 1.73. The highest BCUT2D eigenvalue weighted by molar-refractivity contribution is 5.78. The zero-order chi connectivity index (χ0) is 6.41. The van der Waals surface area contributed by atoms with Crippen molar-refractivity contribution in [3.63, 3.8) is 0 Å². The lowest BCUT2D eigenvalue weighted by molar-refractivity contribution is -0.119. The molecule has 48 valence electrons. The molecule has 0 aliphatic rings. The summed E-state index contributed by atoms with van der Waals surface area (Å²) in [6, 6.07) is 0. The zero-order valence-electron chi connectivity index (χ0n) is 5.11. The lowest BCUT2D eigenvalue weighted by Crippen LogP contribution is -1.96. The monoisotopic (exact) mass is 118 g/mol. The normalized spacial score (nSPS) is 9.25. The summed E-state index contributed by atoms with van der Waals surface area (Å²) in [6.07, 6.45) is 1.47. The number of hydrogen-bond acceptors (Lipinski definition) is 1. The van der Waals surface area contributed by atoms with Crippen molar-refractivity contribution in [2.45, 2.75) is 26.2 Å². The third-order valence-electron chi connectivity index (χ3n) is 0.902. The molecule has 1 nitrogen and oxygen atoms in total. The van der Waals surface area contributed by atoms with Gasteiger partial charge in [0.15, 0.2) is 0 Å². The van der Waals surface area contributed by atoms with E-state index in [0.717, 1.165) is 6.42 Å². The number of carbonyl (C=O) groups excluding carboxylic acids is 1. The maximum atomic E-state index is 11.3. The molecule has 0 heterocycles. The number of ketones is 1. The van der Waals surface area contributed by atoms with E-state index in [1.807, 2.05) is 6.92 Å². The van der Waals surface area contributed by atoms with Crippen molar-refractivity contribution >= 4 is 5.78 Å². The average molecular weight is 118 g/mol. The van der Waals surface area contributed by atoms with Gasteiger partial charge in [-0.25, -0.2) is 0 Å². The number of alkyl halides is 1. The predicted molar refractivity (Wildman–Crippen MR) is 30.5 cm³/mol. The number of hydrogen-bond donors (Lipinski definition) is 0. The van der Waals surface area contributed by atoms with Crippen molar-refractivity contribution in [2.24, 2.45) is 0 Å². The van der Waals surface area contributed by atoms with Crippen molar-refractivity contribution < 1.29 is 9.18 Å². The smallest absolute Gasteiger partial charge is 0.135 e. The second-order valence-corrected chi connectivity index (χ2v) is 1.73. The first-order valence-corrected chi connectivity index (χ1v) is 2.89. The fourth-order valence-electron chi connectivity index (χ4n) is 0.509. The summed E-state index contributed by atoms with van der Waals surface area (Å²) >= 11 is 0. The molecule has 0 unspecified atom stereocenters. The van der Waals surface area contributed by atoms with E-state index in [-0.39, 0.29) is 12.2 Å². The van der Waals surface area contributed by atoms with Crippen molar-refractivity contribution in [3.8, 4) is 0 Å². The van der Waals surface area contributed by atoms with E-state index in [4.69, 9.17) is 0 Å². The summed E-state index contributed by atoms with van der Waals surface area (Å²) < 4.78 is 11.3. The average Bonchev–Trinajstić information content (AvgIpc) is 1.68. The van der Waals surface area contributed by atoms with Gasteiger partial charge in [0.25, 0.3) is 0 Å². The van der Waals surface area contributed by atoms with Crippen molar-refractivity contribution in [1.29, 1.82) is 0 Å². The third-order valence-corrected chi connectivity index (χ3v) is 0.902. The number of halogens is 1. The highest BCUT2D eigenvalue weighted by Crippen LogP contribution is 1.93. The molecule has 0 bridgehead atoms. The van der Waals surface area contributed by atoms with Crippen molar-refractivity contribution in [3.05, 3.63) is 0 Å². The topological polar surface area (TPSA) is 17.1 Å². The Bertz CT molecular complexity index is 62.9. The first kappa shape index (κ1) is 7.60. The Morgan fingerprint density at radius 1 is 1.50 bits per heavy atom. The summed E-state index contributed by atoms with van der Waals surface area (Å²) in [6.45, 7) is 1.41. The van der Waals surface area contributed by atoms with Crippen molar-refractivity contribution in [2.75, 3.05) is 6.67 Å². The standard InChI is InChI=1S/C6H11FO/c1-2-3-6(8)4-5-7/h2-5H2,1H3. The molecule has 0 aliphatic carbocycles. The minimum atomic E-state index is -0.501. The minimum Gasteiger partial charge on any atom is -0.300 e. The molecule has 0 atom stereocenters. The minimum absolute atomic E-state index is 0.0370. The lowest BCUT2D eigenvalue weighted by Gasteiger charge is -1.89. The largest absolute Gasteiger partial charge is 0.300 e. The SMILES string of the molecule is CCCC(=O)CCF. The van der Waals surface area contributed by atoms with Gasteiger partial charge < -0.3 is 0 Å². The van der Waals surface area contributed by atoms with Gasteiger partial charge in [-0.2, -0.15) is 0 Å². The van der Waals surface area contributed by atoms with Gasteiger partial charge in [0.1, 0.15) is 5.78 Å². The fourth-order valence-corrected chi connectivity index (χ4v) is 0.509. The van der Waals surface area contributed by atoms with Crippen LogP contribution in [0.15, 0.2) is 0 Å². The Morgan fingerprint density at radius 3 is 2.50 bits per heavy atom. The molecule has 0 rings (SSSR count). The van der Waals surface area contributed by atoms with E-state index in [2.05, 4.69) is 0 Å². The Morgan fingerprint density at radius 2 is 2.12 bits per heavy atom. The Balaban J connectivity index is 3.06. The third kappa shape index (κ3) is 3.78. The molecule has 0 aromatic heterocycles. The van der Waals surface area contributed by atoms with Crippen LogP contribution in [-0.2, 0) is 4.79 Å². The molecule has 0 saturated heterocycles. The molecular formula is C6H11FO. The quantitative estimate of drug-likeness (QED) is 0.549. The summed E-state index contributed by atoms with van der Waals surface area (Å²) in [5, 5.41) is 0. The first-order chi connectivity index (χ1) is 3.81. The molecule has 0 radical (unpaired) electrons. The first-order valence-electron chi connectivity index (χ1n) is 2.89. The Kier molecular flexibility index (Phi) is 4.51. The van der Waals surface area contributed by atoms with Crippen LogP contribution in [0.5, 0.6) is 0 Å². The van der Waals surface area contributed by atoms with Crippen LogP contribution in [0.4, 0.5) is 4.39 Å². The van der Waals surface area contributed by atoms with Gasteiger partial charge in [-0.05, 0) is 6.42 Å². The molecular weight excluding hydrogens is 107 g/mol. The maximum absolute atomic E-state index is 11.3. The summed E-state index contributed by atoms with van der Waals surface area (Å²) in [5.74, 6) is 0.0370. The van der Waals surface area contributed by atoms with E-state index < -0.39 is 6.67 Å². The van der Waals surface area contributed by atoms with Crippen LogP contribution in [0.3, 0.4) is 0 Å². The Labute approximate surface area is 48.9 Å². The molecule has 0 fully saturated rings. The molecule has 2 heteroatoms. The predicted octanol–water partition coefficient (Wildman–Crippen LogP) is 1.72. The lowest BCUT2D eigenvalue weighted by atomic mass is 10.2. The molecule has 8 heavy (non-hydrogen) atoms. The van der Waals surface area contributed by atoms with E-state index in [1.165, 1.54) is 0 Å². The van der Waals surface area contributed by atoms with Crippen LogP contribution < -0.4 is 0 Å². The van der Waals surface area contributed by atoms with E-state index >= 15 is 0 Å². The van der Waals surface area contributed by atoms with E-state index in [1.54, 1.807) is 0 Å². The van der Waals surface area contributed by atoms with Gasteiger partial charge in [-0.1, -0.05) is 6.92 Å². The van der Waals surface area contributed by atoms with E-state index in [9.17, 15) is 9.18 Å². The molecule has 0 aromatic carbocycles. The summed E-state index contributed by atoms with van der Waals surface area (Å²) in [5.41, 5.74) is 0. The Hall–Kier alpha value is -0.400. The second kappa shape index (κ2) is 4.75. The van der Waals surface area contributed by atoms with Gasteiger partial charge in [0.2, 0.25) is 0 Å². The molecule has 0 amide bonds. The summed E-state index contributed by atoms with van der Waals surface area (Å²) in [4.78, 5) is 10.4. The van der Waals surface area contributed by atoms with Crippen molar-refractivity contribution in [1.82, 2.24) is 0 Å². The molecule has 0 spiro atoms. The highest BCUT2D eigenvalue weighted by atomic mass is 19.1. The van der Waals surface area contributed by atoms with Crippen LogP contribution in [0.1, 0.15) is 26.2 Å². The summed E-state index contributed by atoms with van der Waals surface area (Å²) in [7, 11) is 0. The van der Waals surface area contributed by atoms with Crippen LogP contribution in [0.25, 0.3) is 0 Å². The highest BCUT2D eigenvalue weighted by Gasteiger charge is 1.96. The van der Waals surface area contributed by atoms with Gasteiger partial charge in [0, 0.05) is 12.8 Å². The van der Waals surface area contributed by atoms with Crippen LogP contribution in [0.2, 0.25) is 0 Å². The van der Waals surface area contributed by atoms with Gasteiger partial charge >= 0.3 is 0 Å². The van der Waals surface area contributed by atoms with Crippen LogP contribution in [-0.4, -0.2) is 12.5 Å². The van der Waals surface area contributed by atoms with Gasteiger partial charge in [0.05, 0.1) is 6.67 Å². The van der Waals surface area contributed by atoms with Crippen LogP contribution in [0, 0.1) is 0 Å². The molecule has 0 aliphatic heterocycles. The zero-order valence-corrected chi connectivity index (χ0v) is 5.11. The van der Waals surface area contributed by atoms with Gasteiger partial charge in [-0.3, -0.25) is 9.18 Å².